The molecule has 2 aromatic rings. The van der Waals surface area contributed by atoms with E-state index in [-0.39, 0.29) is 43.6 Å². The second-order valence-electron chi connectivity index (χ2n) is 14.8. The van der Waals surface area contributed by atoms with Crippen LogP contribution in [-0.2, 0) is 24.0 Å². The number of pyridine rings is 1. The number of piperazine rings is 1. The molecule has 3 aliphatic rings. The second kappa shape index (κ2) is 20.9. The van der Waals surface area contributed by atoms with Gasteiger partial charge in [0.15, 0.2) is 0 Å². The molecule has 1 unspecified atom stereocenters. The van der Waals surface area contributed by atoms with E-state index in [1.165, 1.54) is 12.3 Å². The number of benzene rings is 1. The number of carboxylic acid groups (broad SMARTS) is 2. The van der Waals surface area contributed by atoms with Gasteiger partial charge in [-0.1, -0.05) is 0 Å². The summed E-state index contributed by atoms with van der Waals surface area (Å²) >= 11 is 0. The Morgan fingerprint density at radius 2 is 1.41 bits per heavy atom. The number of carbonyl (C=O) groups excluding carboxylic acids is 4. The van der Waals surface area contributed by atoms with Crippen LogP contribution in [-0.4, -0.2) is 210 Å². The van der Waals surface area contributed by atoms with Gasteiger partial charge in [-0.2, -0.15) is 5.26 Å². The molecule has 0 aliphatic carbocycles. The Morgan fingerprint density at radius 3 is 2.02 bits per heavy atom. The molecular weight excluding hydrogens is 778 g/mol. The van der Waals surface area contributed by atoms with Crippen molar-refractivity contribution in [1.82, 2.24) is 45.0 Å². The molecule has 1 aromatic heterocycles. The molecule has 5 rings (SSSR count). The third-order valence-electron chi connectivity index (χ3n) is 10.4. The molecule has 4 amide bonds. The first-order valence-corrected chi connectivity index (χ1v) is 19.4. The summed E-state index contributed by atoms with van der Waals surface area (Å²) in [5.41, 5.74) is 0.719. The molecule has 0 spiro atoms. The molecule has 3 saturated heterocycles. The van der Waals surface area contributed by atoms with Gasteiger partial charge < -0.3 is 35.4 Å². The smallest absolute Gasteiger partial charge is 0.317 e. The summed E-state index contributed by atoms with van der Waals surface area (Å²) in [5.74, 6) is -6.61. The summed E-state index contributed by atoms with van der Waals surface area (Å²) in [6.07, 6.45) is 1.37. The Kier molecular flexibility index (Phi) is 15.8. The van der Waals surface area contributed by atoms with Crippen LogP contribution in [0.3, 0.4) is 0 Å². The van der Waals surface area contributed by atoms with Crippen molar-refractivity contribution < 1.29 is 52.5 Å². The van der Waals surface area contributed by atoms with Crippen LogP contribution in [0.15, 0.2) is 30.5 Å². The highest BCUT2D eigenvalue weighted by Gasteiger charge is 2.47. The number of alkyl halides is 2. The van der Waals surface area contributed by atoms with Gasteiger partial charge in [0.2, 0.25) is 17.7 Å². The molecule has 3 fully saturated rings. The molecule has 4 heterocycles. The lowest BCUT2D eigenvalue weighted by Crippen LogP contribution is -2.52. The molecule has 4 N–H and O–H groups in total. The van der Waals surface area contributed by atoms with Crippen molar-refractivity contribution in [3.8, 4) is 11.8 Å². The van der Waals surface area contributed by atoms with E-state index in [4.69, 9.17) is 4.74 Å². The first kappa shape index (κ1) is 44.5. The van der Waals surface area contributed by atoms with Crippen LogP contribution in [0.1, 0.15) is 23.2 Å². The highest BCUT2D eigenvalue weighted by Crippen LogP contribution is 2.31. The number of rotatable bonds is 16. The highest BCUT2D eigenvalue weighted by atomic mass is 19.3. The zero-order valence-electron chi connectivity index (χ0n) is 32.7. The molecule has 59 heavy (non-hydrogen) atoms. The molecule has 19 nitrogen and oxygen atoms in total. The highest BCUT2D eigenvalue weighted by molar-refractivity contribution is 6.07. The second-order valence-corrected chi connectivity index (χ2v) is 14.8. The van der Waals surface area contributed by atoms with Crippen molar-refractivity contribution in [1.29, 1.82) is 5.26 Å². The first-order chi connectivity index (χ1) is 28.2. The standard InChI is InChI=1S/C38H50F2N10O9/c39-38(40)19-27(20-41)50(26-38)34(53)22-44-37(58)29-4-5-42-31-3-2-28(18-30(29)31)59-17-1-6-45-13-15-49(16-14-45)33(52)21-43-32(51)23-46-7-9-47(24-35(54)55)11-12-48(10-8-46)25-36(56)57/h2-5,18,27H,1,6-17,19,21-26H2,(H,43,51)(H,44,58)(H,54,55)(H,56,57). The average molecular weight is 829 g/mol. The van der Waals surface area contributed by atoms with Gasteiger partial charge in [-0.3, -0.25) is 53.4 Å². The van der Waals surface area contributed by atoms with Gasteiger partial charge in [0.25, 0.3) is 11.8 Å². The van der Waals surface area contributed by atoms with Crippen molar-refractivity contribution >= 4 is 46.5 Å². The number of halogens is 2. The molecule has 1 atom stereocenters. The number of nitriles is 1. The van der Waals surface area contributed by atoms with E-state index in [0.717, 1.165) is 4.90 Å². The summed E-state index contributed by atoms with van der Waals surface area (Å²) in [4.78, 5) is 88.2. The average Bonchev–Trinajstić information content (AvgIpc) is 3.57. The number of hydrogen-bond donors (Lipinski definition) is 4. The Hall–Kier alpha value is -5.56. The Labute approximate surface area is 339 Å². The van der Waals surface area contributed by atoms with E-state index in [9.17, 15) is 53.0 Å². The lowest BCUT2D eigenvalue weighted by Gasteiger charge is -2.34. The maximum Gasteiger partial charge on any atom is 0.317 e. The van der Waals surface area contributed by atoms with Crippen molar-refractivity contribution in [3.05, 3.63) is 36.0 Å². The van der Waals surface area contributed by atoms with E-state index in [1.807, 2.05) is 4.90 Å². The molecule has 3 aliphatic heterocycles. The van der Waals surface area contributed by atoms with Gasteiger partial charge in [-0.15, -0.1) is 0 Å². The number of carbonyl (C=O) groups is 6. The molecule has 0 saturated carbocycles. The van der Waals surface area contributed by atoms with Crippen molar-refractivity contribution in [2.75, 3.05) is 118 Å². The van der Waals surface area contributed by atoms with Crippen LogP contribution in [0.2, 0.25) is 0 Å². The predicted octanol–water partition coefficient (Wildman–Crippen LogP) is -1.16. The number of nitrogens with one attached hydrogen (secondary N) is 2. The number of aromatic nitrogens is 1. The number of fused-ring (bicyclic) bond motifs is 1. The van der Waals surface area contributed by atoms with E-state index >= 15 is 0 Å². The maximum atomic E-state index is 13.8. The zero-order chi connectivity index (χ0) is 42.5. The monoisotopic (exact) mass is 828 g/mol. The van der Waals surface area contributed by atoms with Gasteiger partial charge in [0.1, 0.15) is 11.8 Å². The van der Waals surface area contributed by atoms with Crippen LogP contribution >= 0.6 is 0 Å². The third-order valence-corrected chi connectivity index (χ3v) is 10.4. The minimum Gasteiger partial charge on any atom is -0.494 e. The van der Waals surface area contributed by atoms with Crippen LogP contribution < -0.4 is 15.4 Å². The summed E-state index contributed by atoms with van der Waals surface area (Å²) in [5, 5.41) is 33.3. The number of likely N-dealkylation sites (tertiary alicyclic amines) is 1. The summed E-state index contributed by atoms with van der Waals surface area (Å²) in [6.45, 7) is 3.69. The number of hydrogen-bond acceptors (Lipinski definition) is 13. The molecule has 320 valence electrons. The molecule has 0 bridgehead atoms. The van der Waals surface area contributed by atoms with Crippen LogP contribution in [0.5, 0.6) is 5.75 Å². The normalized spacial score (nSPS) is 19.6. The minimum atomic E-state index is -3.16. The topological polar surface area (TPSA) is 232 Å². The van der Waals surface area contributed by atoms with E-state index < -0.39 is 55.2 Å². The number of ether oxygens (including phenoxy) is 1. The largest absolute Gasteiger partial charge is 0.494 e. The summed E-state index contributed by atoms with van der Waals surface area (Å²) in [7, 11) is 0. The van der Waals surface area contributed by atoms with Gasteiger partial charge in [0, 0.05) is 90.0 Å². The fourth-order valence-corrected chi connectivity index (χ4v) is 7.25. The SMILES string of the molecule is N#CC1CC(F)(F)CN1C(=O)CNC(=O)c1ccnc2ccc(OCCCN3CCN(C(=O)CNC(=O)CN4CCN(CC(=O)O)CCN(CC(=O)O)CC4)CC3)cc12. The number of nitrogens with zero attached hydrogens (tertiary/aromatic N) is 8. The summed E-state index contributed by atoms with van der Waals surface area (Å²) < 4.78 is 33.5. The molecule has 21 heteroatoms. The Balaban J connectivity index is 1.01. The van der Waals surface area contributed by atoms with E-state index in [2.05, 4.69) is 20.5 Å². The number of aliphatic carboxylic acids is 2. The van der Waals surface area contributed by atoms with Crippen molar-refractivity contribution in [2.24, 2.45) is 0 Å². The van der Waals surface area contributed by atoms with Gasteiger partial charge in [0.05, 0.1) is 63.0 Å². The number of amides is 4. The third kappa shape index (κ3) is 13.5. The Morgan fingerprint density at radius 1 is 0.814 bits per heavy atom. The number of carboxylic acids is 2. The van der Waals surface area contributed by atoms with Crippen LogP contribution in [0, 0.1) is 11.3 Å². The first-order valence-electron chi connectivity index (χ1n) is 19.4. The molecule has 0 radical (unpaired) electrons. The lowest BCUT2D eigenvalue weighted by atomic mass is 10.1. The van der Waals surface area contributed by atoms with Crippen LogP contribution in [0.25, 0.3) is 10.9 Å². The predicted molar refractivity (Wildman–Crippen MR) is 205 cm³/mol. The molecule has 1 aromatic carbocycles. The van der Waals surface area contributed by atoms with Crippen molar-refractivity contribution in [2.45, 2.75) is 24.8 Å². The van der Waals surface area contributed by atoms with Crippen LogP contribution in [0.4, 0.5) is 8.78 Å². The fraction of sp³-hybridized carbons (Fsp3) is 0.579. The van der Waals surface area contributed by atoms with Gasteiger partial charge in [-0.05, 0) is 30.7 Å². The van der Waals surface area contributed by atoms with E-state index in [0.29, 0.717) is 102 Å². The quantitative estimate of drug-likeness (QED) is 0.146. The van der Waals surface area contributed by atoms with Gasteiger partial charge in [-0.25, -0.2) is 8.78 Å². The zero-order valence-corrected chi connectivity index (χ0v) is 32.7. The van der Waals surface area contributed by atoms with Crippen molar-refractivity contribution in [3.63, 3.8) is 0 Å². The lowest BCUT2D eigenvalue weighted by molar-refractivity contribution is -0.140. The Bertz CT molecular complexity index is 1860. The van der Waals surface area contributed by atoms with Gasteiger partial charge >= 0.3 is 11.9 Å². The minimum absolute atomic E-state index is 0.0164. The molecular formula is C38H50F2N10O9. The maximum absolute atomic E-state index is 13.8. The van der Waals surface area contributed by atoms with E-state index in [1.54, 1.807) is 39.0 Å². The fourth-order valence-electron chi connectivity index (χ4n) is 7.25. The summed E-state index contributed by atoms with van der Waals surface area (Å²) in [6, 6.07) is 7.01.